The maximum absolute atomic E-state index is 12.0. The van der Waals surface area contributed by atoms with Crippen LogP contribution in [0.3, 0.4) is 0 Å². The average Bonchev–Trinajstić information content (AvgIpc) is 2.62. The monoisotopic (exact) mass is 249 g/mol. The first kappa shape index (κ1) is 12.7. The summed E-state index contributed by atoms with van der Waals surface area (Å²) in [5.41, 5.74) is 0.761. The van der Waals surface area contributed by atoms with Gasteiger partial charge in [-0.25, -0.2) is 0 Å². The van der Waals surface area contributed by atoms with Crippen LogP contribution in [0.2, 0.25) is 0 Å². The minimum atomic E-state index is -0.418. The van der Waals surface area contributed by atoms with Crippen molar-refractivity contribution in [3.63, 3.8) is 0 Å². The van der Waals surface area contributed by atoms with Crippen LogP contribution < -0.4 is 0 Å². The number of amides is 2. The minimum absolute atomic E-state index is 0.337. The molecular weight excluding hydrogens is 234 g/mol. The van der Waals surface area contributed by atoms with Gasteiger partial charge >= 0.3 is 0 Å². The van der Waals surface area contributed by atoms with Crippen molar-refractivity contribution in [2.24, 2.45) is 0 Å². The third-order valence-corrected chi connectivity index (χ3v) is 2.60. The standard InChI is InChI=1S/C13H15NO4/c1-3-17-8-9(2)18-14-12(15)10-6-4-5-7-11(10)13(14)16/h4-7,9H,3,8H2,1-2H3. The van der Waals surface area contributed by atoms with Crippen LogP contribution in [-0.4, -0.2) is 36.2 Å². The largest absolute Gasteiger partial charge is 0.379 e. The molecular formula is C13H15NO4. The molecule has 1 aromatic carbocycles. The Labute approximate surface area is 105 Å². The van der Waals surface area contributed by atoms with Crippen molar-refractivity contribution in [3.05, 3.63) is 35.4 Å². The van der Waals surface area contributed by atoms with Crippen molar-refractivity contribution in [1.29, 1.82) is 0 Å². The van der Waals surface area contributed by atoms with Gasteiger partial charge in [-0.2, -0.15) is 0 Å². The lowest BCUT2D eigenvalue weighted by Crippen LogP contribution is -2.35. The van der Waals surface area contributed by atoms with Crippen LogP contribution in [0.15, 0.2) is 24.3 Å². The Bertz CT molecular complexity index is 437. The molecule has 5 nitrogen and oxygen atoms in total. The first-order valence-corrected chi connectivity index (χ1v) is 5.87. The number of rotatable bonds is 5. The van der Waals surface area contributed by atoms with Crippen molar-refractivity contribution < 1.29 is 19.2 Å². The molecule has 1 unspecified atom stereocenters. The van der Waals surface area contributed by atoms with Crippen LogP contribution in [0, 0.1) is 0 Å². The fourth-order valence-corrected chi connectivity index (χ4v) is 1.76. The third-order valence-electron chi connectivity index (χ3n) is 2.60. The zero-order valence-corrected chi connectivity index (χ0v) is 10.4. The topological polar surface area (TPSA) is 55.8 Å². The molecule has 1 aromatic rings. The zero-order valence-electron chi connectivity index (χ0n) is 10.4. The van der Waals surface area contributed by atoms with Crippen molar-refractivity contribution in [2.45, 2.75) is 20.0 Å². The fourth-order valence-electron chi connectivity index (χ4n) is 1.76. The van der Waals surface area contributed by atoms with Gasteiger partial charge in [-0.05, 0) is 26.0 Å². The summed E-state index contributed by atoms with van der Waals surface area (Å²) in [6.45, 7) is 4.52. The molecule has 0 N–H and O–H groups in total. The van der Waals surface area contributed by atoms with E-state index in [1.165, 1.54) is 0 Å². The molecule has 0 aromatic heterocycles. The molecule has 0 saturated carbocycles. The normalized spacial score (nSPS) is 16.0. The molecule has 2 amide bonds. The van der Waals surface area contributed by atoms with Crippen LogP contribution >= 0.6 is 0 Å². The van der Waals surface area contributed by atoms with Gasteiger partial charge in [0, 0.05) is 6.61 Å². The van der Waals surface area contributed by atoms with Crippen molar-refractivity contribution >= 4 is 11.8 Å². The summed E-state index contributed by atoms with van der Waals surface area (Å²) in [6.07, 6.45) is -0.354. The smallest absolute Gasteiger partial charge is 0.285 e. The summed E-state index contributed by atoms with van der Waals surface area (Å²) in [4.78, 5) is 29.2. The first-order chi connectivity index (χ1) is 8.65. The van der Waals surface area contributed by atoms with E-state index in [0.717, 1.165) is 5.06 Å². The van der Waals surface area contributed by atoms with Crippen molar-refractivity contribution in [1.82, 2.24) is 5.06 Å². The first-order valence-electron chi connectivity index (χ1n) is 5.87. The van der Waals surface area contributed by atoms with Gasteiger partial charge in [0.25, 0.3) is 11.8 Å². The lowest BCUT2D eigenvalue weighted by molar-refractivity contribution is -0.143. The lowest BCUT2D eigenvalue weighted by Gasteiger charge is -2.18. The summed E-state index contributed by atoms with van der Waals surface area (Å²) in [7, 11) is 0. The van der Waals surface area contributed by atoms with Gasteiger partial charge < -0.3 is 4.74 Å². The maximum Gasteiger partial charge on any atom is 0.285 e. The van der Waals surface area contributed by atoms with E-state index >= 15 is 0 Å². The molecule has 0 aliphatic carbocycles. The van der Waals surface area contributed by atoms with Crippen LogP contribution in [-0.2, 0) is 9.57 Å². The van der Waals surface area contributed by atoms with E-state index in [2.05, 4.69) is 0 Å². The fraction of sp³-hybridized carbons (Fsp3) is 0.385. The molecule has 0 spiro atoms. The highest BCUT2D eigenvalue weighted by atomic mass is 16.7. The van der Waals surface area contributed by atoms with Crippen LogP contribution in [0.25, 0.3) is 0 Å². The summed E-state index contributed by atoms with van der Waals surface area (Å²) in [5, 5.41) is 0.814. The summed E-state index contributed by atoms with van der Waals surface area (Å²) < 4.78 is 5.18. The second-order valence-electron chi connectivity index (χ2n) is 4.03. The highest BCUT2D eigenvalue weighted by Crippen LogP contribution is 2.23. The minimum Gasteiger partial charge on any atom is -0.379 e. The van der Waals surface area contributed by atoms with Crippen LogP contribution in [0.5, 0.6) is 0 Å². The number of hydroxylamine groups is 2. The zero-order chi connectivity index (χ0) is 13.1. The van der Waals surface area contributed by atoms with E-state index in [1.807, 2.05) is 6.92 Å². The van der Waals surface area contributed by atoms with E-state index < -0.39 is 11.8 Å². The van der Waals surface area contributed by atoms with Gasteiger partial charge in [0.2, 0.25) is 0 Å². The lowest BCUT2D eigenvalue weighted by atomic mass is 10.1. The van der Waals surface area contributed by atoms with Crippen molar-refractivity contribution in [3.8, 4) is 0 Å². The Morgan fingerprint density at radius 3 is 2.22 bits per heavy atom. The van der Waals surface area contributed by atoms with Gasteiger partial charge in [0.15, 0.2) is 0 Å². The predicted octanol–water partition coefficient (Wildman–Crippen LogP) is 1.64. The van der Waals surface area contributed by atoms with Gasteiger partial charge in [-0.1, -0.05) is 12.1 Å². The Hall–Kier alpha value is -1.72. The number of carbonyl (C=O) groups is 2. The molecule has 0 bridgehead atoms. The number of nitrogens with zero attached hydrogens (tertiary/aromatic N) is 1. The predicted molar refractivity (Wildman–Crippen MR) is 64.0 cm³/mol. The molecule has 96 valence electrons. The Balaban J connectivity index is 2.09. The second-order valence-corrected chi connectivity index (χ2v) is 4.03. The van der Waals surface area contributed by atoms with Gasteiger partial charge in [-0.15, -0.1) is 5.06 Å². The van der Waals surface area contributed by atoms with Crippen LogP contribution in [0.1, 0.15) is 34.6 Å². The Morgan fingerprint density at radius 2 is 1.72 bits per heavy atom. The SMILES string of the molecule is CCOCC(C)ON1C(=O)c2ccccc2C1=O. The third kappa shape index (κ3) is 2.27. The maximum atomic E-state index is 12.0. The Morgan fingerprint density at radius 1 is 1.17 bits per heavy atom. The Kier molecular flexibility index (Phi) is 3.74. The molecule has 0 saturated heterocycles. The van der Waals surface area contributed by atoms with Gasteiger partial charge in [0.05, 0.1) is 17.7 Å². The number of hydrogen-bond donors (Lipinski definition) is 0. The molecule has 5 heteroatoms. The quantitative estimate of drug-likeness (QED) is 0.744. The average molecular weight is 249 g/mol. The van der Waals surface area contributed by atoms with E-state index in [1.54, 1.807) is 31.2 Å². The number of ether oxygens (including phenoxy) is 1. The summed E-state index contributed by atoms with van der Waals surface area (Å²) in [6, 6.07) is 6.67. The van der Waals surface area contributed by atoms with E-state index in [0.29, 0.717) is 24.3 Å². The second kappa shape index (κ2) is 5.29. The molecule has 2 rings (SSSR count). The highest BCUT2D eigenvalue weighted by Gasteiger charge is 2.37. The highest BCUT2D eigenvalue weighted by molar-refractivity contribution is 6.20. The number of fused-ring (bicyclic) bond motifs is 1. The molecule has 1 heterocycles. The van der Waals surface area contributed by atoms with E-state index in [4.69, 9.17) is 9.57 Å². The molecule has 0 radical (unpaired) electrons. The summed E-state index contributed by atoms with van der Waals surface area (Å²) in [5.74, 6) is -0.835. The molecule has 1 atom stereocenters. The number of carbonyl (C=O) groups excluding carboxylic acids is 2. The number of hydrogen-bond acceptors (Lipinski definition) is 4. The van der Waals surface area contributed by atoms with E-state index in [9.17, 15) is 9.59 Å². The number of imide groups is 1. The van der Waals surface area contributed by atoms with Gasteiger partial charge in [0.1, 0.15) is 6.10 Å². The number of benzene rings is 1. The molecule has 0 fully saturated rings. The molecule has 1 aliphatic rings. The molecule has 18 heavy (non-hydrogen) atoms. The van der Waals surface area contributed by atoms with E-state index in [-0.39, 0.29) is 6.10 Å². The van der Waals surface area contributed by atoms with Crippen LogP contribution in [0.4, 0.5) is 0 Å². The van der Waals surface area contributed by atoms with Crippen molar-refractivity contribution in [2.75, 3.05) is 13.2 Å². The molecule has 1 aliphatic heterocycles. The van der Waals surface area contributed by atoms with Gasteiger partial charge in [-0.3, -0.25) is 14.4 Å². The summed E-state index contributed by atoms with van der Waals surface area (Å²) >= 11 is 0.